The third-order valence-corrected chi connectivity index (χ3v) is 4.10. The topological polar surface area (TPSA) is 150 Å². The van der Waals surface area contributed by atoms with Crippen LogP contribution in [0.3, 0.4) is 0 Å². The Bertz CT molecular complexity index is 720. The van der Waals surface area contributed by atoms with Crippen LogP contribution in [0.4, 0.5) is 10.6 Å². The van der Waals surface area contributed by atoms with Gasteiger partial charge in [0.1, 0.15) is 17.2 Å². The van der Waals surface area contributed by atoms with Gasteiger partial charge in [-0.3, -0.25) is 10.1 Å². The van der Waals surface area contributed by atoms with E-state index in [2.05, 4.69) is 15.2 Å². The first-order chi connectivity index (χ1) is 12.7. The molecule has 1 aromatic heterocycles. The molecular formula is C17H28N8O2. The number of hydrogen-bond acceptors (Lipinski definition) is 6. The minimum atomic E-state index is -0.501. The number of nitriles is 1. The van der Waals surface area contributed by atoms with Gasteiger partial charge >= 0.3 is 6.09 Å². The van der Waals surface area contributed by atoms with Crippen LogP contribution in [-0.2, 0) is 11.2 Å². The maximum Gasteiger partial charge on any atom is 0.410 e. The molecular weight excluding hydrogens is 348 g/mol. The lowest BCUT2D eigenvalue weighted by Crippen LogP contribution is -2.53. The standard InChI is InChI=1S/C17H28N8O2/c1-17(2,3)27-16(26)25-9-7-24(8-10-25)15(20)21-6-4-5-13-12(11-18)14(19)23-22-13/h4-10H2,1-3H3,(H2,20,21)(H3,19,22,23). The number of carbonyl (C=O) groups is 1. The van der Waals surface area contributed by atoms with E-state index in [4.69, 9.17) is 21.5 Å². The fourth-order valence-electron chi connectivity index (χ4n) is 2.69. The van der Waals surface area contributed by atoms with Gasteiger partial charge < -0.3 is 26.0 Å². The van der Waals surface area contributed by atoms with Crippen molar-refractivity contribution in [1.82, 2.24) is 20.0 Å². The number of nitrogens with one attached hydrogen (secondary N) is 1. The van der Waals surface area contributed by atoms with E-state index in [1.54, 1.807) is 4.90 Å². The Morgan fingerprint density at radius 1 is 1.33 bits per heavy atom. The summed E-state index contributed by atoms with van der Waals surface area (Å²) in [5.41, 5.74) is 12.3. The molecule has 148 valence electrons. The first kappa shape index (κ1) is 20.4. The zero-order chi connectivity index (χ0) is 20.0. The average Bonchev–Trinajstić information content (AvgIpc) is 2.96. The summed E-state index contributed by atoms with van der Waals surface area (Å²) in [6, 6.07) is 2.04. The highest BCUT2D eigenvalue weighted by molar-refractivity contribution is 5.78. The molecule has 0 saturated carbocycles. The zero-order valence-corrected chi connectivity index (χ0v) is 16.2. The van der Waals surface area contributed by atoms with Crippen molar-refractivity contribution in [3.63, 3.8) is 0 Å². The number of aromatic amines is 1. The van der Waals surface area contributed by atoms with Crippen LogP contribution in [0.2, 0.25) is 0 Å². The summed E-state index contributed by atoms with van der Waals surface area (Å²) >= 11 is 0. The van der Waals surface area contributed by atoms with Crippen molar-refractivity contribution in [2.75, 3.05) is 38.5 Å². The Balaban J connectivity index is 1.76. The summed E-state index contributed by atoms with van der Waals surface area (Å²) in [7, 11) is 0. The zero-order valence-electron chi connectivity index (χ0n) is 16.2. The monoisotopic (exact) mass is 376 g/mol. The Labute approximate surface area is 159 Å². The average molecular weight is 376 g/mol. The van der Waals surface area contributed by atoms with Gasteiger partial charge in [0.05, 0.1) is 5.69 Å². The summed E-state index contributed by atoms with van der Waals surface area (Å²) in [6.45, 7) is 8.40. The lowest BCUT2D eigenvalue weighted by atomic mass is 10.1. The number of aromatic nitrogens is 2. The Morgan fingerprint density at radius 3 is 2.56 bits per heavy atom. The fourth-order valence-corrected chi connectivity index (χ4v) is 2.69. The molecule has 0 aliphatic carbocycles. The number of ether oxygens (including phenoxy) is 1. The number of nitrogen functional groups attached to an aromatic ring is 1. The van der Waals surface area contributed by atoms with Crippen molar-refractivity contribution in [2.45, 2.75) is 39.2 Å². The second-order valence-corrected chi connectivity index (χ2v) is 7.37. The highest BCUT2D eigenvalue weighted by Gasteiger charge is 2.26. The van der Waals surface area contributed by atoms with E-state index in [1.807, 2.05) is 31.7 Å². The van der Waals surface area contributed by atoms with Gasteiger partial charge in [0, 0.05) is 32.7 Å². The van der Waals surface area contributed by atoms with Gasteiger partial charge in [0.2, 0.25) is 0 Å². The molecule has 10 heteroatoms. The molecule has 1 aromatic rings. The second-order valence-electron chi connectivity index (χ2n) is 7.37. The molecule has 0 atom stereocenters. The van der Waals surface area contributed by atoms with Crippen LogP contribution in [0.1, 0.15) is 38.4 Å². The minimum Gasteiger partial charge on any atom is -0.444 e. The Hall–Kier alpha value is -2.96. The quantitative estimate of drug-likeness (QED) is 0.397. The number of anilines is 1. The fraction of sp³-hybridized carbons (Fsp3) is 0.647. The van der Waals surface area contributed by atoms with Gasteiger partial charge in [-0.05, 0) is 33.6 Å². The van der Waals surface area contributed by atoms with E-state index in [-0.39, 0.29) is 11.9 Å². The van der Waals surface area contributed by atoms with Crippen molar-refractivity contribution >= 4 is 17.9 Å². The van der Waals surface area contributed by atoms with Crippen LogP contribution in [0.25, 0.3) is 0 Å². The molecule has 2 heterocycles. The van der Waals surface area contributed by atoms with Crippen molar-refractivity contribution in [1.29, 1.82) is 5.26 Å². The van der Waals surface area contributed by atoms with Gasteiger partial charge in [-0.15, -0.1) is 0 Å². The highest BCUT2D eigenvalue weighted by Crippen LogP contribution is 2.14. The number of guanidine groups is 1. The number of nitrogens with two attached hydrogens (primary N) is 2. The summed E-state index contributed by atoms with van der Waals surface area (Å²) < 4.78 is 5.38. The van der Waals surface area contributed by atoms with Crippen molar-refractivity contribution in [3.05, 3.63) is 11.3 Å². The number of hydrogen-bond donors (Lipinski definition) is 3. The molecule has 10 nitrogen and oxygen atoms in total. The number of amides is 1. The van der Waals surface area contributed by atoms with Gasteiger partial charge in [0.25, 0.3) is 0 Å². The molecule has 1 amide bonds. The molecule has 27 heavy (non-hydrogen) atoms. The third kappa shape index (κ3) is 5.77. The number of aryl methyl sites for hydroxylation is 1. The second kappa shape index (κ2) is 8.62. The largest absolute Gasteiger partial charge is 0.444 e. The van der Waals surface area contributed by atoms with Crippen molar-refractivity contribution < 1.29 is 9.53 Å². The van der Waals surface area contributed by atoms with Gasteiger partial charge in [-0.25, -0.2) is 4.79 Å². The third-order valence-electron chi connectivity index (χ3n) is 4.10. The predicted octanol–water partition coefficient (Wildman–Crippen LogP) is 0.664. The van der Waals surface area contributed by atoms with E-state index < -0.39 is 5.60 Å². The molecule has 1 saturated heterocycles. The summed E-state index contributed by atoms with van der Waals surface area (Å²) in [4.78, 5) is 20.1. The van der Waals surface area contributed by atoms with E-state index in [0.29, 0.717) is 50.7 Å². The predicted molar refractivity (Wildman–Crippen MR) is 102 cm³/mol. The van der Waals surface area contributed by atoms with Gasteiger partial charge in [-0.2, -0.15) is 10.4 Å². The molecule has 0 spiro atoms. The first-order valence-electron chi connectivity index (χ1n) is 8.97. The van der Waals surface area contributed by atoms with Gasteiger partial charge in [-0.1, -0.05) is 0 Å². The number of aliphatic imine (C=N–C) groups is 1. The molecule has 1 aliphatic rings. The smallest absolute Gasteiger partial charge is 0.410 e. The van der Waals surface area contributed by atoms with Crippen LogP contribution in [0.15, 0.2) is 4.99 Å². The number of nitrogens with zero attached hydrogens (tertiary/aromatic N) is 5. The van der Waals surface area contributed by atoms with E-state index in [9.17, 15) is 4.79 Å². The van der Waals surface area contributed by atoms with Crippen LogP contribution in [0.5, 0.6) is 0 Å². The van der Waals surface area contributed by atoms with Crippen LogP contribution in [0, 0.1) is 11.3 Å². The molecule has 0 aromatic carbocycles. The van der Waals surface area contributed by atoms with Crippen LogP contribution in [-0.4, -0.2) is 70.4 Å². The van der Waals surface area contributed by atoms with E-state index in [1.165, 1.54) is 0 Å². The first-order valence-corrected chi connectivity index (χ1v) is 8.97. The molecule has 1 fully saturated rings. The van der Waals surface area contributed by atoms with Gasteiger partial charge in [0.15, 0.2) is 11.8 Å². The van der Waals surface area contributed by atoms with E-state index in [0.717, 1.165) is 12.1 Å². The molecule has 2 rings (SSSR count). The molecule has 1 aliphatic heterocycles. The summed E-state index contributed by atoms with van der Waals surface area (Å²) in [5.74, 6) is 0.682. The molecule has 0 radical (unpaired) electrons. The number of carbonyl (C=O) groups excluding carboxylic acids is 1. The minimum absolute atomic E-state index is 0.221. The van der Waals surface area contributed by atoms with Crippen LogP contribution < -0.4 is 11.5 Å². The Morgan fingerprint density at radius 2 is 1.96 bits per heavy atom. The molecule has 0 bridgehead atoms. The lowest BCUT2D eigenvalue weighted by Gasteiger charge is -2.36. The highest BCUT2D eigenvalue weighted by atomic mass is 16.6. The number of H-pyrrole nitrogens is 1. The normalized spacial score (nSPS) is 15.6. The number of piperazine rings is 1. The van der Waals surface area contributed by atoms with Crippen molar-refractivity contribution in [2.24, 2.45) is 10.7 Å². The maximum atomic E-state index is 12.1. The number of rotatable bonds is 4. The maximum absolute atomic E-state index is 12.1. The lowest BCUT2D eigenvalue weighted by molar-refractivity contribution is 0.0186. The SMILES string of the molecule is CC(C)(C)OC(=O)N1CCN(C(N)=NCCCc2[nH]nc(N)c2C#N)CC1. The van der Waals surface area contributed by atoms with Crippen LogP contribution >= 0.6 is 0 Å². The van der Waals surface area contributed by atoms with Crippen molar-refractivity contribution in [3.8, 4) is 6.07 Å². The Kier molecular flexibility index (Phi) is 6.50. The summed E-state index contributed by atoms with van der Waals surface area (Å²) in [5, 5.41) is 15.7. The molecule has 0 unspecified atom stereocenters. The van der Waals surface area contributed by atoms with E-state index >= 15 is 0 Å². The molecule has 5 N–H and O–H groups in total. The summed E-state index contributed by atoms with van der Waals surface area (Å²) in [6.07, 6.45) is 1.04.